The van der Waals surface area contributed by atoms with Crippen LogP contribution in [0.2, 0.25) is 0 Å². The van der Waals surface area contributed by atoms with Crippen LogP contribution in [0.4, 0.5) is 11.6 Å². The van der Waals surface area contributed by atoms with Crippen LogP contribution in [0.1, 0.15) is 30.7 Å². The summed E-state index contributed by atoms with van der Waals surface area (Å²) < 4.78 is 83.6. The summed E-state index contributed by atoms with van der Waals surface area (Å²) in [5.74, 6) is -0.197. The lowest BCUT2D eigenvalue weighted by atomic mass is 10.1. The van der Waals surface area contributed by atoms with Gasteiger partial charge in [0.05, 0.1) is 26.1 Å². The number of aryl methyl sites for hydroxylation is 1. The number of hydrogen-bond donors (Lipinski definition) is 10. The highest BCUT2D eigenvalue weighted by atomic mass is 31.2. The first kappa shape index (κ1) is 46.8. The molecule has 3 aliphatic rings. The van der Waals surface area contributed by atoms with Crippen LogP contribution in [-0.2, 0) is 50.5 Å². The van der Waals surface area contributed by atoms with Crippen LogP contribution < -0.4 is 28.4 Å². The summed E-state index contributed by atoms with van der Waals surface area (Å²) in [6.45, 7) is -1.61. The number of H-pyrrole nitrogens is 1. The number of phosphoric acid groups is 3. The van der Waals surface area contributed by atoms with Gasteiger partial charge in [-0.15, -0.1) is 0 Å². The van der Waals surface area contributed by atoms with E-state index >= 15 is 0 Å². The van der Waals surface area contributed by atoms with Crippen LogP contribution >= 0.6 is 23.5 Å². The lowest BCUT2D eigenvalue weighted by molar-refractivity contribution is -0.0636. The molecule has 0 saturated carbocycles. The van der Waals surface area contributed by atoms with E-state index in [1.54, 1.807) is 0 Å². The van der Waals surface area contributed by atoms with E-state index in [1.807, 2.05) is 0 Å². The molecule has 2 unspecified atom stereocenters. The lowest BCUT2D eigenvalue weighted by Gasteiger charge is -2.25. The van der Waals surface area contributed by atoms with Crippen LogP contribution in [0, 0.1) is 6.92 Å². The third-order valence-corrected chi connectivity index (χ3v) is 12.3. The molecule has 3 aliphatic heterocycles. The van der Waals surface area contributed by atoms with Crippen molar-refractivity contribution in [3.05, 3.63) is 68.0 Å². The Bertz CT molecular complexity index is 2660. The van der Waals surface area contributed by atoms with E-state index in [4.69, 9.17) is 43.8 Å². The average molecular weight is 957 g/mol. The Balaban J connectivity index is 1.07. The second-order valence-corrected chi connectivity index (χ2v) is 18.2. The fraction of sp³-hybridized carbons (Fsp3) is 0.552. The van der Waals surface area contributed by atoms with Crippen molar-refractivity contribution in [1.82, 2.24) is 38.6 Å². The van der Waals surface area contributed by atoms with Crippen molar-refractivity contribution >= 4 is 46.3 Å². The fourth-order valence-electron chi connectivity index (χ4n) is 6.81. The zero-order valence-corrected chi connectivity index (χ0v) is 34.7. The molecule has 0 aromatic carbocycles. The second kappa shape index (κ2) is 18.0. The molecule has 0 spiro atoms. The summed E-state index contributed by atoms with van der Waals surface area (Å²) in [5, 5.41) is 32.4. The Hall–Kier alpha value is -4.20. The minimum absolute atomic E-state index is 0.0208. The van der Waals surface area contributed by atoms with Crippen LogP contribution in [0.5, 0.6) is 0 Å². The largest absolute Gasteiger partial charge is 0.472 e. The molecule has 63 heavy (non-hydrogen) atoms. The molecule has 13 atom stereocenters. The quantitative estimate of drug-likeness (QED) is 0.0485. The van der Waals surface area contributed by atoms with Gasteiger partial charge in [-0.3, -0.25) is 46.1 Å². The SMILES string of the molecule is Cc1cn([C@H]2C[C@H](OP(=O)(O)OC[C@H]3O[C@@H](n4ccc(N)nc4=O)[C@H](O)[C@@H]3O)[C@@H](COP(=O)(O)O[C@H]3[C@@H](O)[C@H](n4cnc5c(N)ncnc54)O[C@@H]3COP(=O)(O)O)O2)c(=O)[nH]c1=O. The summed E-state index contributed by atoms with van der Waals surface area (Å²) in [6, 6.07) is 1.21. The van der Waals surface area contributed by atoms with E-state index in [1.165, 1.54) is 13.0 Å². The Morgan fingerprint density at radius 1 is 0.810 bits per heavy atom. The molecular formula is C29H39N10O21P3. The molecule has 12 N–H and O–H groups in total. The highest BCUT2D eigenvalue weighted by molar-refractivity contribution is 7.47. The third kappa shape index (κ3) is 10.4. The topological polar surface area (TPSA) is 452 Å². The fourth-order valence-corrected chi connectivity index (χ4v) is 9.08. The number of nitrogens with two attached hydrogens (primary N) is 2. The number of nitrogens with one attached hydrogen (secondary N) is 1. The van der Waals surface area contributed by atoms with Gasteiger partial charge in [0.2, 0.25) is 0 Å². The summed E-state index contributed by atoms with van der Waals surface area (Å²) >= 11 is 0. The number of ether oxygens (including phenoxy) is 3. The number of aliphatic hydroxyl groups excluding tert-OH is 3. The van der Waals surface area contributed by atoms with Crippen molar-refractivity contribution in [2.24, 2.45) is 0 Å². The molecule has 31 nitrogen and oxygen atoms in total. The van der Waals surface area contributed by atoms with E-state index in [2.05, 4.69) is 29.4 Å². The molecule has 3 fully saturated rings. The minimum atomic E-state index is -5.44. The molecule has 3 saturated heterocycles. The molecule has 0 aliphatic carbocycles. The molecule has 0 amide bonds. The van der Waals surface area contributed by atoms with Gasteiger partial charge >= 0.3 is 34.8 Å². The summed E-state index contributed by atoms with van der Waals surface area (Å²) in [6.07, 6.45) is -14.4. The van der Waals surface area contributed by atoms with E-state index < -0.39 is 134 Å². The number of aliphatic hydroxyl groups is 3. The Morgan fingerprint density at radius 2 is 1.46 bits per heavy atom. The monoisotopic (exact) mass is 956 g/mol. The van der Waals surface area contributed by atoms with Gasteiger partial charge in [-0.05, 0) is 13.0 Å². The van der Waals surface area contributed by atoms with Crippen molar-refractivity contribution in [1.29, 1.82) is 0 Å². The van der Waals surface area contributed by atoms with Gasteiger partial charge in [0.1, 0.15) is 72.7 Å². The van der Waals surface area contributed by atoms with Crippen molar-refractivity contribution < 1.29 is 85.4 Å². The highest BCUT2D eigenvalue weighted by Gasteiger charge is 2.51. The first-order valence-corrected chi connectivity index (χ1v) is 22.6. The Morgan fingerprint density at radius 3 is 2.16 bits per heavy atom. The van der Waals surface area contributed by atoms with E-state index in [-0.39, 0.29) is 28.4 Å². The normalized spacial score (nSPS) is 30.8. The van der Waals surface area contributed by atoms with Crippen molar-refractivity contribution in [2.45, 2.75) is 80.9 Å². The minimum Gasteiger partial charge on any atom is -0.387 e. The first-order valence-electron chi connectivity index (χ1n) is 18.1. The molecule has 346 valence electrons. The number of aromatic amines is 1. The molecular weight excluding hydrogens is 917 g/mol. The number of aromatic nitrogens is 8. The van der Waals surface area contributed by atoms with Gasteiger partial charge in [-0.2, -0.15) is 4.98 Å². The number of fused-ring (bicyclic) bond motifs is 1. The molecule has 0 bridgehead atoms. The van der Waals surface area contributed by atoms with Crippen molar-refractivity contribution in [2.75, 3.05) is 31.3 Å². The smallest absolute Gasteiger partial charge is 0.387 e. The summed E-state index contributed by atoms with van der Waals surface area (Å²) in [4.78, 5) is 94.9. The van der Waals surface area contributed by atoms with Crippen molar-refractivity contribution in [3.8, 4) is 0 Å². The number of phosphoric ester groups is 3. The lowest BCUT2D eigenvalue weighted by Crippen LogP contribution is -2.36. The van der Waals surface area contributed by atoms with Crippen LogP contribution in [-0.4, -0.2) is 142 Å². The highest BCUT2D eigenvalue weighted by Crippen LogP contribution is 2.52. The van der Waals surface area contributed by atoms with Crippen LogP contribution in [0.3, 0.4) is 0 Å². The van der Waals surface area contributed by atoms with E-state index in [0.717, 1.165) is 38.7 Å². The molecule has 7 heterocycles. The van der Waals surface area contributed by atoms with Crippen LogP contribution in [0.25, 0.3) is 11.2 Å². The Kier molecular flexibility index (Phi) is 13.4. The zero-order chi connectivity index (χ0) is 45.8. The number of nitrogens with zero attached hydrogens (tertiary/aromatic N) is 7. The molecule has 34 heteroatoms. The van der Waals surface area contributed by atoms with Gasteiger partial charge in [-0.1, -0.05) is 0 Å². The summed E-state index contributed by atoms with van der Waals surface area (Å²) in [5.41, 5.74) is 8.79. The van der Waals surface area contributed by atoms with Crippen LogP contribution in [0.15, 0.2) is 45.5 Å². The number of anilines is 2. The zero-order valence-electron chi connectivity index (χ0n) is 32.0. The van der Waals surface area contributed by atoms with Gasteiger partial charge < -0.3 is 60.6 Å². The van der Waals surface area contributed by atoms with E-state index in [0.29, 0.717) is 0 Å². The van der Waals surface area contributed by atoms with Gasteiger partial charge in [-0.25, -0.2) is 38.2 Å². The second-order valence-electron chi connectivity index (χ2n) is 14.1. The van der Waals surface area contributed by atoms with Crippen molar-refractivity contribution in [3.63, 3.8) is 0 Å². The predicted octanol–water partition coefficient (Wildman–Crippen LogP) is -3.62. The number of rotatable bonds is 16. The maximum atomic E-state index is 13.5. The number of nitrogen functional groups attached to an aromatic ring is 2. The average Bonchev–Trinajstić information content (AvgIpc) is 3.95. The standard InChI is InChI=1S/C29H39N10O21P3/c1-11-5-38(29(45)36-25(11)43)17-4-12(59-62(49,50)55-7-14-19(40)20(41)26(57-14)37-3-2-16(30)35-28(37)44)13(56-17)6-54-63(51,52)60-22-15(8-53-61(46,47)48)58-27(21(22)42)39-10-34-18-23(31)32-9-33-24(18)39/h2-3,5,9-10,12-15,17,19-22,26-27,40-42H,4,6-8H2,1H3,(H,49,50)(H,51,52)(H2,30,35,44)(H2,31,32,33)(H,36,43,45)(H2,46,47,48)/t12-,13+,14+,15+,17+,19+,20+,21+,22+,26+,27+/m0/s1. The summed E-state index contributed by atoms with van der Waals surface area (Å²) in [7, 11) is -15.9. The maximum Gasteiger partial charge on any atom is 0.472 e. The van der Waals surface area contributed by atoms with Gasteiger partial charge in [0.25, 0.3) is 5.56 Å². The van der Waals surface area contributed by atoms with Gasteiger partial charge in [0, 0.05) is 24.4 Å². The molecule has 4 aromatic rings. The van der Waals surface area contributed by atoms with Gasteiger partial charge in [0.15, 0.2) is 23.9 Å². The Labute approximate surface area is 350 Å². The number of hydrogen-bond acceptors (Lipinski definition) is 23. The third-order valence-electron chi connectivity index (χ3n) is 9.80. The molecule has 7 rings (SSSR count). The maximum absolute atomic E-state index is 13.5. The van der Waals surface area contributed by atoms with E-state index in [9.17, 15) is 63.0 Å². The predicted molar refractivity (Wildman–Crippen MR) is 202 cm³/mol. The first-order chi connectivity index (χ1) is 29.5. The molecule has 4 aromatic heterocycles. The molecule has 0 radical (unpaired) electrons. The number of imidazole rings is 1.